The first-order valence-electron chi connectivity index (χ1n) is 5.79. The minimum absolute atomic E-state index is 0.180. The fraction of sp³-hybridized carbons (Fsp3) is 0.750. The Morgan fingerprint density at radius 3 is 2.93 bits per heavy atom. The van der Waals surface area contributed by atoms with Gasteiger partial charge in [0, 0.05) is 13.0 Å². The molecule has 1 rings (SSSR count). The van der Waals surface area contributed by atoms with E-state index in [4.69, 9.17) is 0 Å². The summed E-state index contributed by atoms with van der Waals surface area (Å²) in [6, 6.07) is 0. The van der Waals surface area contributed by atoms with Gasteiger partial charge in [0.15, 0.2) is 0 Å². The third-order valence-electron chi connectivity index (χ3n) is 2.75. The maximum Gasteiger partial charge on any atom is 0.220 e. The highest BCUT2D eigenvalue weighted by Crippen LogP contribution is 2.13. The summed E-state index contributed by atoms with van der Waals surface area (Å²) in [5, 5.41) is 6.22. The van der Waals surface area contributed by atoms with E-state index in [1.165, 1.54) is 12.0 Å². The molecule has 2 N–H and O–H groups in total. The van der Waals surface area contributed by atoms with Crippen molar-refractivity contribution in [3.8, 4) is 0 Å². The van der Waals surface area contributed by atoms with Crippen molar-refractivity contribution in [2.24, 2.45) is 5.92 Å². The zero-order chi connectivity index (χ0) is 11.1. The molecule has 1 aliphatic rings. The quantitative estimate of drug-likeness (QED) is 0.674. The highest BCUT2D eigenvalue weighted by atomic mass is 16.1. The highest BCUT2D eigenvalue weighted by Gasteiger charge is 2.15. The number of allylic oxidation sites excluding steroid dienone is 1. The van der Waals surface area contributed by atoms with Crippen molar-refractivity contribution in [2.75, 3.05) is 19.6 Å². The molecule has 0 aromatic rings. The van der Waals surface area contributed by atoms with E-state index in [2.05, 4.69) is 10.6 Å². The normalized spacial score (nSPS) is 20.0. The van der Waals surface area contributed by atoms with Crippen molar-refractivity contribution in [3.05, 3.63) is 11.6 Å². The molecule has 1 saturated heterocycles. The molecule has 1 atom stereocenters. The lowest BCUT2D eigenvalue weighted by molar-refractivity contribution is -0.121. The summed E-state index contributed by atoms with van der Waals surface area (Å²) in [6.45, 7) is 6.95. The Labute approximate surface area is 92.3 Å². The minimum atomic E-state index is 0.180. The first kappa shape index (κ1) is 12.2. The third kappa shape index (κ3) is 5.57. The predicted octanol–water partition coefficient (Wildman–Crippen LogP) is 1.46. The lowest BCUT2D eigenvalue weighted by Crippen LogP contribution is -2.24. The summed E-state index contributed by atoms with van der Waals surface area (Å²) in [7, 11) is 0. The van der Waals surface area contributed by atoms with E-state index in [1.54, 1.807) is 0 Å². The Kier molecular flexibility index (Phi) is 5.40. The molecule has 15 heavy (non-hydrogen) atoms. The molecule has 0 aromatic heterocycles. The summed E-state index contributed by atoms with van der Waals surface area (Å²) in [5.74, 6) is 0.888. The van der Waals surface area contributed by atoms with Crippen molar-refractivity contribution in [2.45, 2.75) is 33.1 Å². The largest absolute Gasteiger partial charge is 0.353 e. The second-order valence-electron chi connectivity index (χ2n) is 4.48. The average Bonchev–Trinajstić information content (AvgIpc) is 2.66. The van der Waals surface area contributed by atoms with Crippen LogP contribution in [0.2, 0.25) is 0 Å². The Morgan fingerprint density at radius 2 is 2.33 bits per heavy atom. The van der Waals surface area contributed by atoms with Gasteiger partial charge in [0.1, 0.15) is 0 Å². The number of rotatable bonds is 5. The number of amides is 1. The Morgan fingerprint density at radius 1 is 1.53 bits per heavy atom. The zero-order valence-electron chi connectivity index (χ0n) is 9.81. The summed E-state index contributed by atoms with van der Waals surface area (Å²) in [4.78, 5) is 11.4. The molecule has 0 aromatic carbocycles. The number of carbonyl (C=O) groups is 1. The van der Waals surface area contributed by atoms with Crippen LogP contribution in [-0.4, -0.2) is 25.5 Å². The minimum Gasteiger partial charge on any atom is -0.353 e. The van der Waals surface area contributed by atoms with Crippen LogP contribution in [0.15, 0.2) is 11.6 Å². The van der Waals surface area contributed by atoms with Crippen molar-refractivity contribution < 1.29 is 4.79 Å². The van der Waals surface area contributed by atoms with Crippen LogP contribution < -0.4 is 10.6 Å². The maximum atomic E-state index is 11.4. The van der Waals surface area contributed by atoms with Gasteiger partial charge in [-0.25, -0.2) is 0 Å². The average molecular weight is 210 g/mol. The van der Waals surface area contributed by atoms with Crippen molar-refractivity contribution in [3.63, 3.8) is 0 Å². The van der Waals surface area contributed by atoms with Gasteiger partial charge in [-0.15, -0.1) is 0 Å². The van der Waals surface area contributed by atoms with Crippen LogP contribution >= 0.6 is 0 Å². The van der Waals surface area contributed by atoms with E-state index in [9.17, 15) is 4.79 Å². The topological polar surface area (TPSA) is 41.1 Å². The molecule has 0 saturated carbocycles. The van der Waals surface area contributed by atoms with Crippen LogP contribution in [0, 0.1) is 5.92 Å². The standard InChI is InChI=1S/C12H22N2O/c1-10(2)5-8-14-12(15)4-3-11-6-7-13-9-11/h5,11,13H,3-4,6-9H2,1-2H3,(H,14,15). The molecular formula is C12H22N2O. The molecule has 86 valence electrons. The van der Waals surface area contributed by atoms with Gasteiger partial charge < -0.3 is 10.6 Å². The SMILES string of the molecule is CC(C)=CCNC(=O)CCC1CCNC1. The van der Waals surface area contributed by atoms with Gasteiger partial charge in [0.2, 0.25) is 5.91 Å². The van der Waals surface area contributed by atoms with Gasteiger partial charge >= 0.3 is 0 Å². The second kappa shape index (κ2) is 6.62. The van der Waals surface area contributed by atoms with Crippen LogP contribution in [0.3, 0.4) is 0 Å². The van der Waals surface area contributed by atoms with Gasteiger partial charge in [0.05, 0.1) is 0 Å². The van der Waals surface area contributed by atoms with Crippen LogP contribution in [-0.2, 0) is 4.79 Å². The van der Waals surface area contributed by atoms with Crippen LogP contribution in [0.5, 0.6) is 0 Å². The Bertz CT molecular complexity index is 226. The second-order valence-corrected chi connectivity index (χ2v) is 4.48. The molecule has 0 spiro atoms. The molecule has 0 radical (unpaired) electrons. The van der Waals surface area contributed by atoms with Crippen LogP contribution in [0.1, 0.15) is 33.1 Å². The molecule has 3 heteroatoms. The molecule has 1 amide bonds. The summed E-state index contributed by atoms with van der Waals surface area (Å²) < 4.78 is 0. The van der Waals surface area contributed by atoms with Gasteiger partial charge in [0.25, 0.3) is 0 Å². The zero-order valence-corrected chi connectivity index (χ0v) is 9.81. The van der Waals surface area contributed by atoms with Crippen LogP contribution in [0.25, 0.3) is 0 Å². The monoisotopic (exact) mass is 210 g/mol. The molecular weight excluding hydrogens is 188 g/mol. The lowest BCUT2D eigenvalue weighted by atomic mass is 10.0. The van der Waals surface area contributed by atoms with Gasteiger partial charge in [-0.2, -0.15) is 0 Å². The predicted molar refractivity (Wildman–Crippen MR) is 62.7 cm³/mol. The summed E-state index contributed by atoms with van der Waals surface area (Å²) >= 11 is 0. The van der Waals surface area contributed by atoms with E-state index in [1.807, 2.05) is 19.9 Å². The molecule has 1 aliphatic heterocycles. The number of hydrogen-bond acceptors (Lipinski definition) is 2. The van der Waals surface area contributed by atoms with E-state index in [-0.39, 0.29) is 5.91 Å². The maximum absolute atomic E-state index is 11.4. The fourth-order valence-corrected chi connectivity index (χ4v) is 1.75. The smallest absolute Gasteiger partial charge is 0.220 e. The van der Waals surface area contributed by atoms with Crippen molar-refractivity contribution in [1.29, 1.82) is 0 Å². The molecule has 0 bridgehead atoms. The van der Waals surface area contributed by atoms with Crippen molar-refractivity contribution in [1.82, 2.24) is 10.6 Å². The van der Waals surface area contributed by atoms with E-state index >= 15 is 0 Å². The number of nitrogens with one attached hydrogen (secondary N) is 2. The molecule has 1 fully saturated rings. The molecule has 1 heterocycles. The van der Waals surface area contributed by atoms with E-state index in [0.29, 0.717) is 18.9 Å². The van der Waals surface area contributed by atoms with Gasteiger partial charge in [-0.3, -0.25) is 4.79 Å². The number of hydrogen-bond donors (Lipinski definition) is 2. The summed E-state index contributed by atoms with van der Waals surface area (Å²) in [5.41, 5.74) is 1.25. The third-order valence-corrected chi connectivity index (χ3v) is 2.75. The van der Waals surface area contributed by atoms with E-state index in [0.717, 1.165) is 19.5 Å². The molecule has 0 aliphatic carbocycles. The fourth-order valence-electron chi connectivity index (χ4n) is 1.75. The first-order valence-corrected chi connectivity index (χ1v) is 5.79. The van der Waals surface area contributed by atoms with Crippen molar-refractivity contribution >= 4 is 5.91 Å². The van der Waals surface area contributed by atoms with Crippen LogP contribution in [0.4, 0.5) is 0 Å². The summed E-state index contributed by atoms with van der Waals surface area (Å²) in [6.07, 6.45) is 4.95. The van der Waals surface area contributed by atoms with Gasteiger partial charge in [-0.1, -0.05) is 11.6 Å². The number of carbonyl (C=O) groups excluding carboxylic acids is 1. The molecule has 3 nitrogen and oxygen atoms in total. The van der Waals surface area contributed by atoms with E-state index < -0.39 is 0 Å². The molecule has 1 unspecified atom stereocenters. The Balaban J connectivity index is 2.05. The van der Waals surface area contributed by atoms with Gasteiger partial charge in [-0.05, 0) is 45.7 Å². The first-order chi connectivity index (χ1) is 7.18. The lowest BCUT2D eigenvalue weighted by Gasteiger charge is -2.07. The highest BCUT2D eigenvalue weighted by molar-refractivity contribution is 5.75. The Hall–Kier alpha value is -0.830.